The first-order valence-corrected chi connectivity index (χ1v) is 7.83. The van der Waals surface area contributed by atoms with Crippen LogP contribution in [0.4, 0.5) is 5.82 Å². The van der Waals surface area contributed by atoms with E-state index in [0.717, 1.165) is 38.2 Å². The summed E-state index contributed by atoms with van der Waals surface area (Å²) in [5.74, 6) is 1.22. The zero-order valence-electron chi connectivity index (χ0n) is 13.4. The Bertz CT molecular complexity index is 449. The van der Waals surface area contributed by atoms with Crippen molar-refractivity contribution >= 4 is 24.1 Å². The second kappa shape index (κ2) is 8.96. The van der Waals surface area contributed by atoms with Gasteiger partial charge in [-0.15, -0.1) is 12.4 Å². The number of hydrogen-bond acceptors (Lipinski definition) is 4. The lowest BCUT2D eigenvalue weighted by atomic mass is 9.98. The first kappa shape index (κ1) is 18.7. The van der Waals surface area contributed by atoms with E-state index in [1.54, 1.807) is 0 Å². The van der Waals surface area contributed by atoms with Crippen LogP contribution in [-0.2, 0) is 4.79 Å². The molecule has 1 aliphatic heterocycles. The highest BCUT2D eigenvalue weighted by atomic mass is 35.5. The van der Waals surface area contributed by atoms with Gasteiger partial charge in [0, 0.05) is 25.3 Å². The van der Waals surface area contributed by atoms with E-state index in [0.29, 0.717) is 0 Å². The van der Waals surface area contributed by atoms with E-state index in [1.807, 2.05) is 31.3 Å². The monoisotopic (exact) mass is 326 g/mol. The maximum atomic E-state index is 12.1. The molecule has 2 unspecified atom stereocenters. The largest absolute Gasteiger partial charge is 0.356 e. The minimum atomic E-state index is -0.399. The van der Waals surface area contributed by atoms with Crippen molar-refractivity contribution in [2.45, 2.75) is 45.2 Å². The van der Waals surface area contributed by atoms with Gasteiger partial charge in [0.2, 0.25) is 5.91 Å². The van der Waals surface area contributed by atoms with Crippen molar-refractivity contribution in [2.24, 2.45) is 11.7 Å². The third-order valence-corrected chi connectivity index (χ3v) is 4.37. The highest BCUT2D eigenvalue weighted by Crippen LogP contribution is 2.17. The molecule has 3 N–H and O–H groups in total. The predicted molar refractivity (Wildman–Crippen MR) is 92.3 cm³/mol. The van der Waals surface area contributed by atoms with Gasteiger partial charge < -0.3 is 16.0 Å². The lowest BCUT2D eigenvalue weighted by Gasteiger charge is -2.33. The van der Waals surface area contributed by atoms with E-state index in [2.05, 4.69) is 22.1 Å². The van der Waals surface area contributed by atoms with Crippen molar-refractivity contribution in [3.8, 4) is 0 Å². The van der Waals surface area contributed by atoms with Crippen LogP contribution in [0, 0.1) is 5.92 Å². The molecular weight excluding hydrogens is 300 g/mol. The summed E-state index contributed by atoms with van der Waals surface area (Å²) in [7, 11) is 0. The molecule has 1 aliphatic rings. The third-order valence-electron chi connectivity index (χ3n) is 4.37. The Morgan fingerprint density at radius 3 is 2.68 bits per heavy atom. The SMILES string of the molecule is CCC(C)C(N)C(=O)NC1CCN(c2ccccn2)CC1.Cl. The number of hydrogen-bond donors (Lipinski definition) is 2. The first-order chi connectivity index (χ1) is 10.1. The second-order valence-corrected chi connectivity index (χ2v) is 5.87. The van der Waals surface area contributed by atoms with E-state index in [4.69, 9.17) is 5.73 Å². The summed E-state index contributed by atoms with van der Waals surface area (Å²) >= 11 is 0. The molecule has 0 aliphatic carbocycles. The van der Waals surface area contributed by atoms with Gasteiger partial charge in [0.1, 0.15) is 5.82 Å². The zero-order valence-corrected chi connectivity index (χ0v) is 14.2. The number of anilines is 1. The lowest BCUT2D eigenvalue weighted by molar-refractivity contribution is -0.124. The standard InChI is InChI=1S/C16H26N4O.ClH/c1-3-12(2)15(17)16(21)19-13-7-10-20(11-8-13)14-6-4-5-9-18-14;/h4-6,9,12-13,15H,3,7-8,10-11,17H2,1-2H3,(H,19,21);1H. The van der Waals surface area contributed by atoms with Crippen LogP contribution in [0.15, 0.2) is 24.4 Å². The van der Waals surface area contributed by atoms with Crippen LogP contribution < -0.4 is 16.0 Å². The van der Waals surface area contributed by atoms with Crippen molar-refractivity contribution in [2.75, 3.05) is 18.0 Å². The highest BCUT2D eigenvalue weighted by Gasteiger charge is 2.25. The summed E-state index contributed by atoms with van der Waals surface area (Å²) in [6, 6.07) is 5.78. The molecule has 1 amide bonds. The molecule has 0 radical (unpaired) electrons. The van der Waals surface area contributed by atoms with Gasteiger partial charge in [0.25, 0.3) is 0 Å². The summed E-state index contributed by atoms with van der Waals surface area (Å²) in [5.41, 5.74) is 5.97. The van der Waals surface area contributed by atoms with Gasteiger partial charge in [-0.1, -0.05) is 26.3 Å². The smallest absolute Gasteiger partial charge is 0.237 e. The number of halogens is 1. The number of nitrogens with zero attached hydrogens (tertiary/aromatic N) is 2. The second-order valence-electron chi connectivity index (χ2n) is 5.87. The van der Waals surface area contributed by atoms with E-state index in [9.17, 15) is 4.79 Å². The maximum absolute atomic E-state index is 12.1. The van der Waals surface area contributed by atoms with E-state index in [1.165, 1.54) is 0 Å². The number of carbonyl (C=O) groups is 1. The molecule has 0 spiro atoms. The molecule has 0 bridgehead atoms. The molecule has 1 saturated heterocycles. The van der Waals surface area contributed by atoms with Gasteiger partial charge in [-0.25, -0.2) is 4.98 Å². The molecule has 1 aromatic heterocycles. The Hall–Kier alpha value is -1.33. The Balaban J connectivity index is 0.00000242. The Labute approximate surface area is 139 Å². The van der Waals surface area contributed by atoms with Crippen molar-refractivity contribution in [3.05, 3.63) is 24.4 Å². The number of nitrogens with one attached hydrogen (secondary N) is 1. The Morgan fingerprint density at radius 2 is 2.14 bits per heavy atom. The van der Waals surface area contributed by atoms with E-state index < -0.39 is 6.04 Å². The quantitative estimate of drug-likeness (QED) is 0.867. The summed E-state index contributed by atoms with van der Waals surface area (Å²) in [6.07, 6.45) is 4.62. The number of carbonyl (C=O) groups excluding carboxylic acids is 1. The summed E-state index contributed by atoms with van der Waals surface area (Å²) in [6.45, 7) is 5.91. The molecule has 1 fully saturated rings. The van der Waals surface area contributed by atoms with Gasteiger partial charge in [0.05, 0.1) is 6.04 Å². The van der Waals surface area contributed by atoms with Crippen LogP contribution in [0.2, 0.25) is 0 Å². The highest BCUT2D eigenvalue weighted by molar-refractivity contribution is 5.85. The predicted octanol–water partition coefficient (Wildman–Crippen LogP) is 1.96. The summed E-state index contributed by atoms with van der Waals surface area (Å²) < 4.78 is 0. The van der Waals surface area contributed by atoms with Gasteiger partial charge in [-0.3, -0.25) is 4.79 Å². The van der Waals surface area contributed by atoms with Crippen LogP contribution in [0.5, 0.6) is 0 Å². The molecule has 5 nitrogen and oxygen atoms in total. The van der Waals surface area contributed by atoms with Crippen LogP contribution in [0.1, 0.15) is 33.1 Å². The normalized spacial score (nSPS) is 18.2. The topological polar surface area (TPSA) is 71.2 Å². The number of piperidine rings is 1. The van der Waals surface area contributed by atoms with E-state index >= 15 is 0 Å². The molecule has 1 aromatic rings. The average Bonchev–Trinajstić information content (AvgIpc) is 2.54. The molecule has 0 aromatic carbocycles. The molecule has 22 heavy (non-hydrogen) atoms. The molecule has 2 atom stereocenters. The van der Waals surface area contributed by atoms with Crippen LogP contribution in [-0.4, -0.2) is 36.1 Å². The minimum absolute atomic E-state index is 0. The fraction of sp³-hybridized carbons (Fsp3) is 0.625. The molecule has 0 saturated carbocycles. The number of aromatic nitrogens is 1. The molecular formula is C16H27ClN4O. The number of pyridine rings is 1. The first-order valence-electron chi connectivity index (χ1n) is 7.83. The molecule has 2 rings (SSSR count). The van der Waals surface area contributed by atoms with Crippen molar-refractivity contribution in [3.63, 3.8) is 0 Å². The zero-order chi connectivity index (χ0) is 15.2. The molecule has 124 valence electrons. The lowest BCUT2D eigenvalue weighted by Crippen LogP contribution is -2.51. The van der Waals surface area contributed by atoms with Crippen molar-refractivity contribution in [1.82, 2.24) is 10.3 Å². The van der Waals surface area contributed by atoms with Crippen molar-refractivity contribution in [1.29, 1.82) is 0 Å². The Morgan fingerprint density at radius 1 is 1.45 bits per heavy atom. The minimum Gasteiger partial charge on any atom is -0.356 e. The number of amides is 1. The van der Waals surface area contributed by atoms with Crippen LogP contribution in [0.25, 0.3) is 0 Å². The van der Waals surface area contributed by atoms with Gasteiger partial charge in [0.15, 0.2) is 0 Å². The van der Waals surface area contributed by atoms with Gasteiger partial charge in [-0.05, 0) is 30.9 Å². The fourth-order valence-electron chi connectivity index (χ4n) is 2.60. The maximum Gasteiger partial charge on any atom is 0.237 e. The molecule has 2 heterocycles. The van der Waals surface area contributed by atoms with Gasteiger partial charge in [-0.2, -0.15) is 0 Å². The van der Waals surface area contributed by atoms with Crippen molar-refractivity contribution < 1.29 is 4.79 Å². The fourth-order valence-corrected chi connectivity index (χ4v) is 2.60. The number of rotatable bonds is 5. The number of nitrogens with two attached hydrogens (primary N) is 1. The summed E-state index contributed by atoms with van der Waals surface area (Å²) in [5, 5.41) is 3.09. The average molecular weight is 327 g/mol. The molecule has 6 heteroatoms. The van der Waals surface area contributed by atoms with E-state index in [-0.39, 0.29) is 30.3 Å². The third kappa shape index (κ3) is 4.85. The van der Waals surface area contributed by atoms with Crippen LogP contribution in [0.3, 0.4) is 0 Å². The Kier molecular flexibility index (Phi) is 7.62. The summed E-state index contributed by atoms with van der Waals surface area (Å²) in [4.78, 5) is 18.7. The van der Waals surface area contributed by atoms with Gasteiger partial charge >= 0.3 is 0 Å². The van der Waals surface area contributed by atoms with Crippen LogP contribution >= 0.6 is 12.4 Å².